The third-order valence-electron chi connectivity index (χ3n) is 6.92. The van der Waals surface area contributed by atoms with Crippen LogP contribution in [0.3, 0.4) is 0 Å². The number of rotatable bonds is 10. The molecule has 11 nitrogen and oxygen atoms in total. The van der Waals surface area contributed by atoms with Gasteiger partial charge in [-0.2, -0.15) is 0 Å². The van der Waals surface area contributed by atoms with Gasteiger partial charge in [0.25, 0.3) is 0 Å². The van der Waals surface area contributed by atoms with Crippen LogP contribution in [0, 0.1) is 23.5 Å². The molecule has 2 rings (SSSR count). The van der Waals surface area contributed by atoms with Gasteiger partial charge in [0.1, 0.15) is 22.9 Å². The minimum atomic E-state index is -1.31. The fourth-order valence-electron chi connectivity index (χ4n) is 4.81. The first-order valence-electron chi connectivity index (χ1n) is 14.0. The second-order valence-corrected chi connectivity index (χ2v) is 12.9. The first-order chi connectivity index (χ1) is 19.2. The van der Waals surface area contributed by atoms with Crippen molar-refractivity contribution in [1.29, 1.82) is 0 Å². The minimum absolute atomic E-state index is 0.0311. The number of nitrogens with zero attached hydrogens (tertiary/aromatic N) is 3. The summed E-state index contributed by atoms with van der Waals surface area (Å²) in [6.45, 7) is 13.5. The highest BCUT2D eigenvalue weighted by atomic mass is 19.1. The summed E-state index contributed by atoms with van der Waals surface area (Å²) < 4.78 is 34.4. The predicted octanol–water partition coefficient (Wildman–Crippen LogP) is 3.24. The van der Waals surface area contributed by atoms with E-state index in [0.29, 0.717) is 0 Å². The molecule has 0 spiro atoms. The summed E-state index contributed by atoms with van der Waals surface area (Å²) in [4.78, 5) is 54.5. The molecule has 1 heterocycles. The molecule has 0 unspecified atom stereocenters. The number of carbonyl (C=O) groups excluding carboxylic acids is 4. The Morgan fingerprint density at radius 3 is 2.24 bits per heavy atom. The Morgan fingerprint density at radius 2 is 1.74 bits per heavy atom. The number of imide groups is 1. The Bertz CT molecular complexity index is 1140. The van der Waals surface area contributed by atoms with Gasteiger partial charge in [-0.3, -0.25) is 19.4 Å². The second kappa shape index (κ2) is 13.8. The lowest BCUT2D eigenvalue weighted by atomic mass is 9.93. The largest absolute Gasteiger partial charge is 0.444 e. The Kier molecular flexibility index (Phi) is 11.4. The molecule has 5 amide bonds. The van der Waals surface area contributed by atoms with E-state index in [1.165, 1.54) is 6.07 Å². The van der Waals surface area contributed by atoms with E-state index in [1.54, 1.807) is 46.4 Å². The number of nitrogens with two attached hydrogens (primary N) is 1. The van der Waals surface area contributed by atoms with Crippen LogP contribution in [0.2, 0.25) is 0 Å². The van der Waals surface area contributed by atoms with Crippen molar-refractivity contribution in [2.75, 3.05) is 31.1 Å². The van der Waals surface area contributed by atoms with E-state index in [1.807, 2.05) is 13.8 Å². The molecule has 0 aromatic heterocycles. The molecule has 0 bridgehead atoms. The van der Waals surface area contributed by atoms with Crippen LogP contribution >= 0.6 is 0 Å². The van der Waals surface area contributed by atoms with E-state index in [0.717, 1.165) is 21.9 Å². The molecule has 236 valence electrons. The third-order valence-corrected chi connectivity index (χ3v) is 6.92. The Morgan fingerprint density at radius 1 is 1.17 bits per heavy atom. The Hall–Kier alpha value is -3.32. The average molecular weight is 598 g/mol. The lowest BCUT2D eigenvalue weighted by Crippen LogP contribution is -2.65. The van der Waals surface area contributed by atoms with Crippen LogP contribution in [0.15, 0.2) is 18.2 Å². The van der Waals surface area contributed by atoms with Gasteiger partial charge in [-0.15, -0.1) is 0 Å². The maximum absolute atomic E-state index is 14.5. The molecule has 1 fully saturated rings. The van der Waals surface area contributed by atoms with Crippen LogP contribution < -0.4 is 16.0 Å². The third kappa shape index (κ3) is 9.35. The van der Waals surface area contributed by atoms with Gasteiger partial charge in [0.05, 0.1) is 18.7 Å². The molecule has 13 heteroatoms. The quantitative estimate of drug-likeness (QED) is 0.375. The van der Waals surface area contributed by atoms with Crippen LogP contribution in [0.1, 0.15) is 61.8 Å². The number of amides is 5. The monoisotopic (exact) mass is 597 g/mol. The van der Waals surface area contributed by atoms with Crippen molar-refractivity contribution in [2.45, 2.75) is 85.1 Å². The number of urea groups is 1. The molecule has 1 saturated heterocycles. The maximum atomic E-state index is 14.5. The van der Waals surface area contributed by atoms with Crippen LogP contribution in [-0.4, -0.2) is 88.3 Å². The number of hydrogen-bond acceptors (Lipinski definition) is 7. The molecule has 42 heavy (non-hydrogen) atoms. The number of alkyl carbamates (subject to hydrolysis) is 1. The number of aliphatic hydroxyl groups excluding tert-OH is 1. The number of primary amides is 1. The van der Waals surface area contributed by atoms with Gasteiger partial charge in [-0.1, -0.05) is 26.8 Å². The van der Waals surface area contributed by atoms with Crippen molar-refractivity contribution in [3.63, 3.8) is 0 Å². The number of para-hydroxylation sites is 1. The number of benzene rings is 1. The Labute approximate surface area is 246 Å². The van der Waals surface area contributed by atoms with E-state index in [-0.39, 0.29) is 38.5 Å². The lowest BCUT2D eigenvalue weighted by molar-refractivity contribution is -0.133. The summed E-state index contributed by atoms with van der Waals surface area (Å²) in [6.07, 6.45) is -2.27. The molecule has 0 aliphatic carbocycles. The normalized spacial score (nSPS) is 17.9. The van der Waals surface area contributed by atoms with Crippen LogP contribution in [0.25, 0.3) is 0 Å². The highest BCUT2D eigenvalue weighted by Crippen LogP contribution is 2.31. The summed E-state index contributed by atoms with van der Waals surface area (Å²) in [6, 6.07) is 1.44. The highest BCUT2D eigenvalue weighted by Gasteiger charge is 2.42. The molecular formula is C29H45F2N5O6. The van der Waals surface area contributed by atoms with Crippen LogP contribution in [-0.2, 0) is 14.3 Å². The number of ether oxygens (including phenoxy) is 1. The van der Waals surface area contributed by atoms with Crippen molar-refractivity contribution in [1.82, 2.24) is 15.1 Å². The first kappa shape index (κ1) is 34.9. The summed E-state index contributed by atoms with van der Waals surface area (Å²) >= 11 is 0. The molecule has 0 radical (unpaired) electrons. The number of hydrogen-bond donors (Lipinski definition) is 3. The number of nitrogens with one attached hydrogen (secondary N) is 1. The number of anilines is 1. The van der Waals surface area contributed by atoms with Crippen molar-refractivity contribution in [3.8, 4) is 0 Å². The molecule has 1 aliphatic rings. The zero-order chi connectivity index (χ0) is 32.2. The SMILES string of the molecule is CC(C)CN(C(N)=O)C(=O)[C@H](C)C[C@H](O)[C@H](CN1CC(=O)N(c2c(F)cccc2F)CC1(C)C)NC(=O)OC(C)(C)C. The zero-order valence-corrected chi connectivity index (χ0v) is 25.7. The number of piperazine rings is 1. The maximum Gasteiger partial charge on any atom is 0.408 e. The first-order valence-corrected chi connectivity index (χ1v) is 14.0. The van der Waals surface area contributed by atoms with E-state index in [9.17, 15) is 33.1 Å². The molecule has 1 aliphatic heterocycles. The number of halogens is 2. The summed E-state index contributed by atoms with van der Waals surface area (Å²) in [5.74, 6) is -3.75. The van der Waals surface area contributed by atoms with Crippen molar-refractivity contribution < 1.29 is 37.8 Å². The van der Waals surface area contributed by atoms with Crippen molar-refractivity contribution in [3.05, 3.63) is 29.8 Å². The summed E-state index contributed by atoms with van der Waals surface area (Å²) in [5.41, 5.74) is 3.29. The van der Waals surface area contributed by atoms with Gasteiger partial charge >= 0.3 is 12.1 Å². The summed E-state index contributed by atoms with van der Waals surface area (Å²) in [5, 5.41) is 13.9. The van der Waals surface area contributed by atoms with Gasteiger partial charge in [0.2, 0.25) is 11.8 Å². The zero-order valence-electron chi connectivity index (χ0n) is 25.7. The van der Waals surface area contributed by atoms with E-state index in [4.69, 9.17) is 10.5 Å². The predicted molar refractivity (Wildman–Crippen MR) is 153 cm³/mol. The topological polar surface area (TPSA) is 146 Å². The highest BCUT2D eigenvalue weighted by molar-refractivity contribution is 5.96. The summed E-state index contributed by atoms with van der Waals surface area (Å²) in [7, 11) is 0. The second-order valence-electron chi connectivity index (χ2n) is 12.9. The van der Waals surface area contributed by atoms with Gasteiger partial charge in [-0.05, 0) is 59.1 Å². The molecule has 1 aromatic carbocycles. The lowest BCUT2D eigenvalue weighted by Gasteiger charge is -2.48. The van der Waals surface area contributed by atoms with Crippen molar-refractivity contribution >= 4 is 29.6 Å². The number of carbonyl (C=O) groups is 4. The standard InChI is InChI=1S/C29H45F2N5O6/c1-17(2)13-35(26(32)40)25(39)18(3)12-22(37)21(33-27(41)42-28(4,5)6)14-34-15-23(38)36(16-29(34,7)8)24-19(30)10-9-11-20(24)31/h9-11,17-18,21-22,37H,12-16H2,1-8H3,(H2,32,40)(H,33,41)/t18-,21+,22+/m1/s1. The van der Waals surface area contributed by atoms with Gasteiger partial charge < -0.3 is 25.8 Å². The molecule has 3 atom stereocenters. The van der Waals surface area contributed by atoms with E-state index in [2.05, 4.69) is 5.32 Å². The molecule has 0 saturated carbocycles. The average Bonchev–Trinajstić information content (AvgIpc) is 2.82. The number of aliphatic hydroxyl groups is 1. The van der Waals surface area contributed by atoms with Crippen LogP contribution in [0.4, 0.5) is 24.1 Å². The molecule has 4 N–H and O–H groups in total. The molecular weight excluding hydrogens is 552 g/mol. The van der Waals surface area contributed by atoms with Crippen molar-refractivity contribution in [2.24, 2.45) is 17.6 Å². The van der Waals surface area contributed by atoms with Gasteiger partial charge in [0.15, 0.2) is 0 Å². The van der Waals surface area contributed by atoms with Gasteiger partial charge in [0, 0.05) is 31.1 Å². The van der Waals surface area contributed by atoms with Gasteiger partial charge in [-0.25, -0.2) is 18.4 Å². The smallest absolute Gasteiger partial charge is 0.408 e. The Balaban J connectivity index is 2.30. The van der Waals surface area contributed by atoms with E-state index < -0.39 is 70.5 Å². The van der Waals surface area contributed by atoms with Crippen LogP contribution in [0.5, 0.6) is 0 Å². The van der Waals surface area contributed by atoms with E-state index >= 15 is 0 Å². The minimum Gasteiger partial charge on any atom is -0.444 e. The molecule has 1 aromatic rings. The fourth-order valence-corrected chi connectivity index (χ4v) is 4.81. The fraction of sp³-hybridized carbons (Fsp3) is 0.655.